The zero-order valence-electron chi connectivity index (χ0n) is 11.0. The van der Waals surface area contributed by atoms with E-state index in [2.05, 4.69) is 29.9 Å². The van der Waals surface area contributed by atoms with Crippen molar-refractivity contribution in [2.45, 2.75) is 31.1 Å². The number of aromatic nitrogens is 1. The monoisotopic (exact) mass is 296 g/mol. The van der Waals surface area contributed by atoms with Gasteiger partial charge in [0.1, 0.15) is 4.90 Å². The Bertz CT molecular complexity index is 639. The summed E-state index contributed by atoms with van der Waals surface area (Å²) < 4.78 is 30.3. The van der Waals surface area contributed by atoms with Crippen LogP contribution in [0, 0.1) is 0 Å². The van der Waals surface area contributed by atoms with E-state index in [1.807, 2.05) is 12.1 Å². The Morgan fingerprint density at radius 3 is 2.26 bits per heavy atom. The molecule has 0 aliphatic rings. The zero-order chi connectivity index (χ0) is 14.1. The first-order valence-electron chi connectivity index (χ1n) is 5.82. The third kappa shape index (κ3) is 3.33. The molecule has 0 unspecified atom stereocenters. The van der Waals surface area contributed by atoms with Crippen molar-refractivity contribution in [1.29, 1.82) is 0 Å². The number of anilines is 1. The molecule has 0 spiro atoms. The fourth-order valence-electron chi connectivity index (χ4n) is 1.58. The highest BCUT2D eigenvalue weighted by atomic mass is 32.2. The highest BCUT2D eigenvalue weighted by Gasteiger charge is 2.16. The number of nitrogens with one attached hydrogen (secondary N) is 1. The van der Waals surface area contributed by atoms with Crippen LogP contribution in [0.15, 0.2) is 40.7 Å². The fourth-order valence-corrected chi connectivity index (χ4v) is 3.44. The minimum absolute atomic E-state index is 0.0503. The number of sulfonamides is 1. The van der Waals surface area contributed by atoms with Gasteiger partial charge in [-0.15, -0.1) is 0 Å². The molecular weight excluding hydrogens is 280 g/mol. The molecule has 0 aliphatic carbocycles. The molecule has 0 bridgehead atoms. The molecule has 1 heterocycles. The molecule has 102 valence electrons. The van der Waals surface area contributed by atoms with Crippen molar-refractivity contribution < 1.29 is 8.42 Å². The van der Waals surface area contributed by atoms with Crippen LogP contribution >= 0.6 is 11.5 Å². The lowest BCUT2D eigenvalue weighted by molar-refractivity contribution is 0.590. The first kappa shape index (κ1) is 14.0. The molecule has 1 aromatic carbocycles. The van der Waals surface area contributed by atoms with Gasteiger partial charge in [-0.25, -0.2) is 8.42 Å². The van der Waals surface area contributed by atoms with Crippen molar-refractivity contribution >= 4 is 27.2 Å². The van der Waals surface area contributed by atoms with Crippen LogP contribution in [-0.2, 0) is 15.4 Å². The summed E-state index contributed by atoms with van der Waals surface area (Å²) in [6, 6.07) is 7.42. The molecule has 0 radical (unpaired) electrons. The predicted molar refractivity (Wildman–Crippen MR) is 78.1 cm³/mol. The Balaban J connectivity index is 2.21. The summed E-state index contributed by atoms with van der Waals surface area (Å²) in [4.78, 5) is 0.192. The number of rotatable bonds is 3. The topological polar surface area (TPSA) is 59.1 Å². The van der Waals surface area contributed by atoms with Gasteiger partial charge in [-0.1, -0.05) is 32.9 Å². The minimum Gasteiger partial charge on any atom is -0.280 e. The lowest BCUT2D eigenvalue weighted by Crippen LogP contribution is -2.13. The maximum atomic E-state index is 12.0. The highest BCUT2D eigenvalue weighted by Crippen LogP contribution is 2.24. The van der Waals surface area contributed by atoms with Gasteiger partial charge in [-0.3, -0.25) is 4.72 Å². The number of hydrogen-bond donors (Lipinski definition) is 1. The van der Waals surface area contributed by atoms with E-state index in [0.29, 0.717) is 5.69 Å². The first-order chi connectivity index (χ1) is 8.79. The van der Waals surface area contributed by atoms with Crippen LogP contribution in [0.2, 0.25) is 0 Å². The largest absolute Gasteiger partial charge is 0.280 e. The molecule has 0 saturated heterocycles. The van der Waals surface area contributed by atoms with Crippen molar-refractivity contribution in [3.05, 3.63) is 41.4 Å². The molecule has 0 fully saturated rings. The molecule has 2 rings (SSSR count). The van der Waals surface area contributed by atoms with E-state index in [-0.39, 0.29) is 10.3 Å². The maximum absolute atomic E-state index is 12.0. The third-order valence-electron chi connectivity index (χ3n) is 2.72. The predicted octanol–water partition coefficient (Wildman–Crippen LogP) is 3.24. The first-order valence-corrected chi connectivity index (χ1v) is 8.14. The van der Waals surface area contributed by atoms with Gasteiger partial charge in [-0.2, -0.15) is 4.37 Å². The number of nitrogens with zero attached hydrogens (tertiary/aromatic N) is 1. The second kappa shape index (κ2) is 4.94. The van der Waals surface area contributed by atoms with Gasteiger partial charge < -0.3 is 0 Å². The van der Waals surface area contributed by atoms with Crippen LogP contribution in [0.5, 0.6) is 0 Å². The second-order valence-corrected chi connectivity index (χ2v) is 7.63. The Kier molecular flexibility index (Phi) is 3.64. The normalized spacial score (nSPS) is 12.4. The molecule has 4 nitrogen and oxygen atoms in total. The molecule has 6 heteroatoms. The average molecular weight is 296 g/mol. The Morgan fingerprint density at radius 1 is 1.16 bits per heavy atom. The smallest absolute Gasteiger partial charge is 0.264 e. The lowest BCUT2D eigenvalue weighted by atomic mass is 9.87. The van der Waals surface area contributed by atoms with Crippen LogP contribution in [0.1, 0.15) is 26.3 Å². The summed E-state index contributed by atoms with van der Waals surface area (Å²) in [7, 11) is -3.52. The van der Waals surface area contributed by atoms with E-state index in [4.69, 9.17) is 0 Å². The van der Waals surface area contributed by atoms with Gasteiger partial charge in [0.15, 0.2) is 0 Å². The van der Waals surface area contributed by atoms with E-state index in [9.17, 15) is 8.42 Å². The zero-order valence-corrected chi connectivity index (χ0v) is 12.7. The van der Waals surface area contributed by atoms with Gasteiger partial charge in [-0.05, 0) is 34.6 Å². The summed E-state index contributed by atoms with van der Waals surface area (Å²) in [6.45, 7) is 6.34. The number of benzene rings is 1. The van der Waals surface area contributed by atoms with E-state index >= 15 is 0 Å². The fraction of sp³-hybridized carbons (Fsp3) is 0.308. The lowest BCUT2D eigenvalue weighted by Gasteiger charge is -2.19. The molecule has 0 saturated carbocycles. The third-order valence-corrected chi connectivity index (χ3v) is 4.81. The maximum Gasteiger partial charge on any atom is 0.264 e. The summed E-state index contributed by atoms with van der Waals surface area (Å²) in [6.07, 6.45) is 1.34. The number of hydrogen-bond acceptors (Lipinski definition) is 4. The quantitative estimate of drug-likeness (QED) is 0.946. The van der Waals surface area contributed by atoms with Crippen LogP contribution in [0.3, 0.4) is 0 Å². The molecule has 1 N–H and O–H groups in total. The SMILES string of the molecule is CC(C)(C)c1ccc(NS(=O)(=O)c2cnsc2)cc1. The Hall–Kier alpha value is -1.40. The summed E-state index contributed by atoms with van der Waals surface area (Å²) >= 11 is 1.11. The van der Waals surface area contributed by atoms with Gasteiger partial charge in [0.25, 0.3) is 10.0 Å². The molecule has 0 atom stereocenters. The van der Waals surface area contributed by atoms with E-state index in [0.717, 1.165) is 17.1 Å². The van der Waals surface area contributed by atoms with Crippen molar-refractivity contribution in [1.82, 2.24) is 4.37 Å². The van der Waals surface area contributed by atoms with E-state index in [1.165, 1.54) is 11.6 Å². The van der Waals surface area contributed by atoms with Crippen LogP contribution in [-0.4, -0.2) is 12.8 Å². The molecule has 1 aromatic heterocycles. The molecule has 2 aromatic rings. The van der Waals surface area contributed by atoms with Crippen molar-refractivity contribution in [3.63, 3.8) is 0 Å². The molecule has 19 heavy (non-hydrogen) atoms. The van der Waals surface area contributed by atoms with Gasteiger partial charge >= 0.3 is 0 Å². The molecular formula is C13H16N2O2S2. The Morgan fingerprint density at radius 2 is 1.79 bits per heavy atom. The molecule has 0 amide bonds. The second-order valence-electron chi connectivity index (χ2n) is 5.29. The van der Waals surface area contributed by atoms with Crippen molar-refractivity contribution in [2.75, 3.05) is 4.72 Å². The summed E-state index contributed by atoms with van der Waals surface area (Å²) in [5.41, 5.74) is 1.76. The standard InChI is InChI=1S/C13H16N2O2S2/c1-13(2,3)10-4-6-11(7-5-10)15-19(16,17)12-8-14-18-9-12/h4-9,15H,1-3H3. The van der Waals surface area contributed by atoms with Crippen LogP contribution < -0.4 is 4.72 Å². The minimum atomic E-state index is -3.52. The Labute approximate surface area is 117 Å². The van der Waals surface area contributed by atoms with E-state index < -0.39 is 10.0 Å². The van der Waals surface area contributed by atoms with E-state index in [1.54, 1.807) is 12.1 Å². The van der Waals surface area contributed by atoms with Gasteiger partial charge in [0, 0.05) is 11.1 Å². The van der Waals surface area contributed by atoms with Crippen LogP contribution in [0.25, 0.3) is 0 Å². The average Bonchev–Trinajstić information content (AvgIpc) is 2.82. The van der Waals surface area contributed by atoms with Crippen molar-refractivity contribution in [3.8, 4) is 0 Å². The van der Waals surface area contributed by atoms with Crippen LogP contribution in [0.4, 0.5) is 5.69 Å². The summed E-state index contributed by atoms with van der Waals surface area (Å²) in [5.74, 6) is 0. The highest BCUT2D eigenvalue weighted by molar-refractivity contribution is 7.92. The summed E-state index contributed by atoms with van der Waals surface area (Å²) in [5, 5.41) is 1.51. The van der Waals surface area contributed by atoms with Gasteiger partial charge in [0.2, 0.25) is 0 Å². The van der Waals surface area contributed by atoms with Crippen molar-refractivity contribution in [2.24, 2.45) is 0 Å². The van der Waals surface area contributed by atoms with Gasteiger partial charge in [0.05, 0.1) is 6.20 Å². The molecule has 0 aliphatic heterocycles.